The first-order chi connectivity index (χ1) is 16.1. The summed E-state index contributed by atoms with van der Waals surface area (Å²) in [6.45, 7) is 7.40. The second-order valence-corrected chi connectivity index (χ2v) is 11.9. The predicted molar refractivity (Wildman–Crippen MR) is 156 cm³/mol. The van der Waals surface area contributed by atoms with Crippen LogP contribution in [0.5, 0.6) is 0 Å². The lowest BCUT2D eigenvalue weighted by Crippen LogP contribution is -2.28. The molecule has 0 fully saturated rings. The molecule has 1 amide bonds. The number of carbonyl (C=O) groups excluding carboxylic acids is 1. The van der Waals surface area contributed by atoms with Gasteiger partial charge in [-0.25, -0.2) is 0 Å². The van der Waals surface area contributed by atoms with Crippen LogP contribution < -0.4 is 16.4 Å². The first kappa shape index (κ1) is 27.0. The Hall–Kier alpha value is -1.61. The summed E-state index contributed by atoms with van der Waals surface area (Å²) in [5, 5.41) is 7.62. The van der Waals surface area contributed by atoms with Crippen molar-refractivity contribution in [1.82, 2.24) is 5.32 Å². The molecule has 0 aromatic heterocycles. The number of anilines is 2. The average Bonchev–Trinajstić information content (AvgIpc) is 2.77. The van der Waals surface area contributed by atoms with Crippen LogP contribution in [0, 0.1) is 3.57 Å². The molecule has 0 aliphatic carbocycles. The Kier molecular flexibility index (Phi) is 9.43. The molecule has 3 rings (SSSR count). The van der Waals surface area contributed by atoms with Crippen LogP contribution in [0.3, 0.4) is 0 Å². The van der Waals surface area contributed by atoms with Crippen molar-refractivity contribution in [1.29, 1.82) is 0 Å². The molecular weight excluding hydrogens is 600 g/mol. The molecule has 0 spiro atoms. The molecule has 34 heavy (non-hydrogen) atoms. The van der Waals surface area contributed by atoms with Crippen molar-refractivity contribution >= 4 is 74.8 Å². The number of hydrogen-bond donors (Lipinski definition) is 3. The Morgan fingerprint density at radius 3 is 2.50 bits per heavy atom. The number of thioether (sulfide) groups is 1. The minimum Gasteiger partial charge on any atom is -0.397 e. The van der Waals surface area contributed by atoms with Crippen LogP contribution in [-0.2, 0) is 12.0 Å². The van der Waals surface area contributed by atoms with Gasteiger partial charge in [0.25, 0.3) is 5.91 Å². The Labute approximate surface area is 229 Å². The molecule has 0 aliphatic rings. The summed E-state index contributed by atoms with van der Waals surface area (Å²) >= 11 is 16.6. The van der Waals surface area contributed by atoms with Gasteiger partial charge in [0.2, 0.25) is 0 Å². The SMILES string of the molecule is CCSc1ccc(CNC(=O)c2ccc(NCC(C)(C)c3ccc(Cl)cc3Cl)c(N)c2)c(I)c1. The summed E-state index contributed by atoms with van der Waals surface area (Å²) in [4.78, 5) is 13.9. The largest absolute Gasteiger partial charge is 0.397 e. The summed E-state index contributed by atoms with van der Waals surface area (Å²) < 4.78 is 1.14. The van der Waals surface area contributed by atoms with Crippen molar-refractivity contribution in [3.63, 3.8) is 0 Å². The van der Waals surface area contributed by atoms with E-state index in [1.807, 2.05) is 18.2 Å². The quantitative estimate of drug-likeness (QED) is 0.130. The lowest BCUT2D eigenvalue weighted by molar-refractivity contribution is 0.0951. The van der Waals surface area contributed by atoms with Gasteiger partial charge in [0.05, 0.1) is 11.4 Å². The van der Waals surface area contributed by atoms with Crippen molar-refractivity contribution < 1.29 is 4.79 Å². The molecule has 3 aromatic rings. The third-order valence-corrected chi connectivity index (χ3v) is 7.90. The molecule has 0 unspecified atom stereocenters. The Morgan fingerprint density at radius 2 is 1.85 bits per heavy atom. The third-order valence-electron chi connectivity index (χ3n) is 5.47. The zero-order valence-corrected chi connectivity index (χ0v) is 23.8. The minimum absolute atomic E-state index is 0.158. The van der Waals surface area contributed by atoms with Gasteiger partial charge in [0.1, 0.15) is 0 Å². The minimum atomic E-state index is -0.257. The van der Waals surface area contributed by atoms with Crippen LogP contribution in [0.2, 0.25) is 10.0 Å². The summed E-state index contributed by atoms with van der Waals surface area (Å²) in [5.74, 6) is 0.875. The van der Waals surface area contributed by atoms with Crippen molar-refractivity contribution in [2.45, 2.75) is 37.6 Å². The zero-order valence-electron chi connectivity index (χ0n) is 19.3. The summed E-state index contributed by atoms with van der Waals surface area (Å²) in [5.41, 5.74) is 9.90. The topological polar surface area (TPSA) is 67.2 Å². The number of nitrogens with one attached hydrogen (secondary N) is 2. The second-order valence-electron chi connectivity index (χ2n) is 8.53. The summed E-state index contributed by atoms with van der Waals surface area (Å²) in [6.07, 6.45) is 0. The van der Waals surface area contributed by atoms with Crippen molar-refractivity contribution in [2.75, 3.05) is 23.3 Å². The fourth-order valence-corrected chi connectivity index (χ4v) is 5.80. The van der Waals surface area contributed by atoms with Crippen LogP contribution in [0.25, 0.3) is 0 Å². The number of benzene rings is 3. The summed E-state index contributed by atoms with van der Waals surface area (Å²) in [7, 11) is 0. The molecule has 0 bridgehead atoms. The van der Waals surface area contributed by atoms with E-state index in [0.29, 0.717) is 34.4 Å². The Balaban J connectivity index is 1.62. The van der Waals surface area contributed by atoms with Gasteiger partial charge in [0, 0.05) is 42.6 Å². The monoisotopic (exact) mass is 627 g/mol. The standard InChI is InChI=1S/C26H28Cl2IN3OS/c1-4-34-19-8-5-17(22(29)13-19)14-31-25(33)16-6-10-24(23(30)11-16)32-15-26(2,3)20-9-7-18(27)12-21(20)28/h5-13,32H,4,14-15,30H2,1-3H3,(H,31,33). The van der Waals surface area contributed by atoms with Gasteiger partial charge in [0.15, 0.2) is 0 Å². The normalized spacial score (nSPS) is 11.4. The number of amides is 1. The highest BCUT2D eigenvalue weighted by molar-refractivity contribution is 14.1. The van der Waals surface area contributed by atoms with Gasteiger partial charge in [-0.05, 0) is 81.9 Å². The van der Waals surface area contributed by atoms with Gasteiger partial charge in [-0.15, -0.1) is 11.8 Å². The number of carbonyl (C=O) groups is 1. The molecule has 0 radical (unpaired) electrons. The maximum Gasteiger partial charge on any atom is 0.251 e. The molecule has 0 saturated carbocycles. The molecule has 3 aromatic carbocycles. The molecule has 4 N–H and O–H groups in total. The molecule has 0 saturated heterocycles. The van der Waals surface area contributed by atoms with Crippen molar-refractivity contribution in [2.24, 2.45) is 0 Å². The highest BCUT2D eigenvalue weighted by atomic mass is 127. The van der Waals surface area contributed by atoms with Gasteiger partial charge >= 0.3 is 0 Å². The first-order valence-corrected chi connectivity index (χ1v) is 13.7. The zero-order chi connectivity index (χ0) is 24.9. The van der Waals surface area contributed by atoms with Crippen LogP contribution in [0.4, 0.5) is 11.4 Å². The molecular formula is C26H28Cl2IN3OS. The Bertz CT molecular complexity index is 1190. The van der Waals surface area contributed by atoms with E-state index < -0.39 is 0 Å². The van der Waals surface area contributed by atoms with E-state index in [4.69, 9.17) is 28.9 Å². The number of rotatable bonds is 9. The molecule has 8 heteroatoms. The van der Waals surface area contributed by atoms with E-state index in [0.717, 1.165) is 26.1 Å². The number of nitrogens with two attached hydrogens (primary N) is 1. The Morgan fingerprint density at radius 1 is 1.09 bits per heavy atom. The molecule has 0 atom stereocenters. The molecule has 4 nitrogen and oxygen atoms in total. The molecule has 0 aliphatic heterocycles. The van der Waals surface area contributed by atoms with Gasteiger partial charge in [-0.1, -0.05) is 56.1 Å². The maximum atomic E-state index is 12.7. The molecule has 180 valence electrons. The maximum absolute atomic E-state index is 12.7. The van der Waals surface area contributed by atoms with Gasteiger partial charge < -0.3 is 16.4 Å². The number of hydrogen-bond acceptors (Lipinski definition) is 4. The van der Waals surface area contributed by atoms with Crippen molar-refractivity contribution in [3.8, 4) is 0 Å². The van der Waals surface area contributed by atoms with E-state index in [2.05, 4.69) is 72.2 Å². The first-order valence-electron chi connectivity index (χ1n) is 10.9. The number of halogens is 3. The molecule has 0 heterocycles. The van der Waals surface area contributed by atoms with E-state index in [9.17, 15) is 4.79 Å². The summed E-state index contributed by atoms with van der Waals surface area (Å²) in [6, 6.07) is 17.2. The fourth-order valence-electron chi connectivity index (χ4n) is 3.52. The highest BCUT2D eigenvalue weighted by Gasteiger charge is 2.23. The van der Waals surface area contributed by atoms with Crippen LogP contribution >= 0.6 is 57.6 Å². The lowest BCUT2D eigenvalue weighted by atomic mass is 9.84. The van der Waals surface area contributed by atoms with E-state index >= 15 is 0 Å². The smallest absolute Gasteiger partial charge is 0.251 e. The van der Waals surface area contributed by atoms with Crippen molar-refractivity contribution in [3.05, 3.63) is 84.9 Å². The van der Waals surface area contributed by atoms with Crippen LogP contribution in [-0.4, -0.2) is 18.2 Å². The third kappa shape index (κ3) is 6.97. The predicted octanol–water partition coefficient (Wildman–Crippen LogP) is 7.61. The van der Waals surface area contributed by atoms with Crippen LogP contribution in [0.15, 0.2) is 59.5 Å². The van der Waals surface area contributed by atoms with E-state index in [1.54, 1.807) is 30.0 Å². The van der Waals surface area contributed by atoms with Gasteiger partial charge in [-0.3, -0.25) is 4.79 Å². The lowest BCUT2D eigenvalue weighted by Gasteiger charge is -2.27. The van der Waals surface area contributed by atoms with Gasteiger partial charge in [-0.2, -0.15) is 0 Å². The number of nitrogen functional groups attached to an aromatic ring is 1. The average molecular weight is 628 g/mol. The van der Waals surface area contributed by atoms with E-state index in [-0.39, 0.29) is 11.3 Å². The van der Waals surface area contributed by atoms with E-state index in [1.165, 1.54) is 4.90 Å². The second kappa shape index (κ2) is 11.9. The highest BCUT2D eigenvalue weighted by Crippen LogP contribution is 2.33. The fraction of sp³-hybridized carbons (Fsp3) is 0.269. The van der Waals surface area contributed by atoms with Crippen LogP contribution in [0.1, 0.15) is 42.3 Å².